The van der Waals surface area contributed by atoms with Crippen molar-refractivity contribution in [2.24, 2.45) is 11.0 Å². The number of benzene rings is 2. The number of anilines is 1. The minimum absolute atomic E-state index is 0.0937. The second kappa shape index (κ2) is 9.70. The lowest BCUT2D eigenvalue weighted by atomic mass is 9.95. The highest BCUT2D eigenvalue weighted by atomic mass is 16.5. The van der Waals surface area contributed by atoms with Crippen molar-refractivity contribution in [3.63, 3.8) is 0 Å². The van der Waals surface area contributed by atoms with Crippen molar-refractivity contribution >= 4 is 17.8 Å². The smallest absolute Gasteiger partial charge is 0.231 e. The molecule has 2 unspecified atom stereocenters. The molecular formula is C23H28N4O4. The van der Waals surface area contributed by atoms with Crippen LogP contribution < -0.4 is 30.3 Å². The Labute approximate surface area is 182 Å². The fraction of sp³-hybridized carbons (Fsp3) is 0.391. The molecule has 0 radical (unpaired) electrons. The van der Waals surface area contributed by atoms with E-state index in [0.29, 0.717) is 37.6 Å². The number of likely N-dealkylation sites (N-methyl/N-ethyl adjacent to an activating group) is 1. The second-order valence-electron chi connectivity index (χ2n) is 7.63. The number of carbonyl (C=O) groups is 1. The van der Waals surface area contributed by atoms with Gasteiger partial charge in [-0.1, -0.05) is 6.07 Å². The lowest BCUT2D eigenvalue weighted by molar-refractivity contribution is -0.121. The first kappa shape index (κ1) is 21.0. The SMILES string of the molecule is CNCCOc1cc(C2C=NNC2)ccc1NC(=O)C1COc2ccc(OC)cc2C1. The first-order valence-corrected chi connectivity index (χ1v) is 10.5. The molecule has 31 heavy (non-hydrogen) atoms. The molecule has 0 spiro atoms. The van der Waals surface area contributed by atoms with Crippen molar-refractivity contribution < 1.29 is 19.0 Å². The monoisotopic (exact) mass is 424 g/mol. The van der Waals surface area contributed by atoms with E-state index in [4.69, 9.17) is 14.2 Å². The van der Waals surface area contributed by atoms with E-state index in [1.807, 2.05) is 49.7 Å². The molecule has 3 N–H and O–H groups in total. The second-order valence-corrected chi connectivity index (χ2v) is 7.63. The standard InChI is InChI=1S/C23H28N4O4/c1-24-7-8-30-22-11-15(18-12-25-26-13-18)3-5-20(22)27-23(28)17-9-16-10-19(29-2)4-6-21(16)31-14-17/h3-6,10-12,17-18,24,26H,7-9,13-14H2,1-2H3,(H,27,28). The summed E-state index contributed by atoms with van der Waals surface area (Å²) in [5, 5.41) is 10.2. The number of hydrazone groups is 1. The summed E-state index contributed by atoms with van der Waals surface area (Å²) in [5.74, 6) is 2.01. The maximum Gasteiger partial charge on any atom is 0.231 e. The van der Waals surface area contributed by atoms with Crippen LogP contribution in [0.25, 0.3) is 0 Å². The Kier molecular flexibility index (Phi) is 6.57. The van der Waals surface area contributed by atoms with Gasteiger partial charge in [-0.15, -0.1) is 0 Å². The Morgan fingerprint density at radius 3 is 2.97 bits per heavy atom. The van der Waals surface area contributed by atoms with E-state index in [1.165, 1.54) is 0 Å². The van der Waals surface area contributed by atoms with E-state index in [1.54, 1.807) is 7.11 Å². The van der Waals surface area contributed by atoms with E-state index in [9.17, 15) is 4.79 Å². The molecule has 0 fully saturated rings. The maximum atomic E-state index is 13.0. The summed E-state index contributed by atoms with van der Waals surface area (Å²) in [5.41, 5.74) is 5.69. The van der Waals surface area contributed by atoms with Gasteiger partial charge in [0.15, 0.2) is 0 Å². The number of rotatable bonds is 8. The molecule has 2 aromatic carbocycles. The van der Waals surface area contributed by atoms with E-state index in [2.05, 4.69) is 21.2 Å². The Hall–Kier alpha value is -3.26. The van der Waals surface area contributed by atoms with Gasteiger partial charge in [-0.25, -0.2) is 0 Å². The van der Waals surface area contributed by atoms with Crippen LogP contribution in [0.2, 0.25) is 0 Å². The van der Waals surface area contributed by atoms with Crippen molar-refractivity contribution in [1.82, 2.24) is 10.7 Å². The highest BCUT2D eigenvalue weighted by Crippen LogP contribution is 2.33. The lowest BCUT2D eigenvalue weighted by Gasteiger charge is -2.25. The first-order valence-electron chi connectivity index (χ1n) is 10.5. The molecule has 0 saturated carbocycles. The Morgan fingerprint density at radius 1 is 1.29 bits per heavy atom. The minimum Gasteiger partial charge on any atom is -0.497 e. The summed E-state index contributed by atoms with van der Waals surface area (Å²) < 4.78 is 17.1. The van der Waals surface area contributed by atoms with Gasteiger partial charge in [-0.2, -0.15) is 5.10 Å². The average molecular weight is 425 g/mol. The van der Waals surface area contributed by atoms with E-state index in [0.717, 1.165) is 29.2 Å². The summed E-state index contributed by atoms with van der Waals surface area (Å²) in [6.07, 6.45) is 2.48. The molecule has 2 aliphatic rings. The number of carbonyl (C=O) groups excluding carboxylic acids is 1. The largest absolute Gasteiger partial charge is 0.497 e. The van der Waals surface area contributed by atoms with Gasteiger partial charge in [0.2, 0.25) is 5.91 Å². The number of ether oxygens (including phenoxy) is 3. The fourth-order valence-electron chi connectivity index (χ4n) is 3.71. The highest BCUT2D eigenvalue weighted by Gasteiger charge is 2.27. The predicted molar refractivity (Wildman–Crippen MR) is 119 cm³/mol. The van der Waals surface area contributed by atoms with E-state index < -0.39 is 0 Å². The summed E-state index contributed by atoms with van der Waals surface area (Å²) >= 11 is 0. The van der Waals surface area contributed by atoms with Crippen LogP contribution >= 0.6 is 0 Å². The molecule has 0 bridgehead atoms. The van der Waals surface area contributed by atoms with Crippen LogP contribution in [0, 0.1) is 5.92 Å². The topological polar surface area (TPSA) is 93.2 Å². The Balaban J connectivity index is 1.49. The molecule has 0 saturated heterocycles. The van der Waals surface area contributed by atoms with Crippen molar-refractivity contribution in [2.75, 3.05) is 45.8 Å². The van der Waals surface area contributed by atoms with Crippen LogP contribution in [0.5, 0.6) is 17.2 Å². The van der Waals surface area contributed by atoms with Crippen LogP contribution in [-0.2, 0) is 11.2 Å². The van der Waals surface area contributed by atoms with Crippen LogP contribution in [0.1, 0.15) is 17.0 Å². The molecule has 4 rings (SSSR count). The summed E-state index contributed by atoms with van der Waals surface area (Å²) in [7, 11) is 3.50. The Bertz CT molecular complexity index is 963. The van der Waals surface area contributed by atoms with Crippen LogP contribution in [0.4, 0.5) is 5.69 Å². The lowest BCUT2D eigenvalue weighted by Crippen LogP contribution is -2.32. The fourth-order valence-corrected chi connectivity index (χ4v) is 3.71. The molecule has 164 valence electrons. The zero-order valence-corrected chi connectivity index (χ0v) is 17.8. The average Bonchev–Trinajstić information content (AvgIpc) is 3.34. The van der Waals surface area contributed by atoms with Gasteiger partial charge < -0.3 is 30.3 Å². The number of fused-ring (bicyclic) bond motifs is 1. The molecule has 0 aromatic heterocycles. The molecule has 1 amide bonds. The van der Waals surface area contributed by atoms with Crippen molar-refractivity contribution in [1.29, 1.82) is 0 Å². The normalized spacial score (nSPS) is 19.2. The molecular weight excluding hydrogens is 396 g/mol. The summed E-state index contributed by atoms with van der Waals surface area (Å²) in [4.78, 5) is 13.0. The number of nitrogens with one attached hydrogen (secondary N) is 3. The molecule has 8 nitrogen and oxygen atoms in total. The van der Waals surface area contributed by atoms with Gasteiger partial charge in [-0.05, 0) is 54.9 Å². The van der Waals surface area contributed by atoms with Crippen LogP contribution in [0.15, 0.2) is 41.5 Å². The number of methoxy groups -OCH3 is 1. The van der Waals surface area contributed by atoms with Crippen molar-refractivity contribution in [3.05, 3.63) is 47.5 Å². The molecule has 2 heterocycles. The predicted octanol–water partition coefficient (Wildman–Crippen LogP) is 2.16. The van der Waals surface area contributed by atoms with Crippen molar-refractivity contribution in [3.8, 4) is 17.2 Å². The number of hydrogen-bond donors (Lipinski definition) is 3. The number of hydrogen-bond acceptors (Lipinski definition) is 7. The van der Waals surface area contributed by atoms with Crippen molar-refractivity contribution in [2.45, 2.75) is 12.3 Å². The first-order chi connectivity index (χ1) is 15.2. The third-order valence-electron chi connectivity index (χ3n) is 5.50. The molecule has 2 aromatic rings. The molecule has 0 aliphatic carbocycles. The zero-order chi connectivity index (χ0) is 21.6. The zero-order valence-electron chi connectivity index (χ0n) is 17.8. The quantitative estimate of drug-likeness (QED) is 0.563. The summed E-state index contributed by atoms with van der Waals surface area (Å²) in [6, 6.07) is 11.5. The van der Waals surface area contributed by atoms with Gasteiger partial charge in [0.1, 0.15) is 30.5 Å². The summed E-state index contributed by atoms with van der Waals surface area (Å²) in [6.45, 7) is 2.30. The maximum absolute atomic E-state index is 13.0. The number of nitrogens with zero attached hydrogens (tertiary/aromatic N) is 1. The van der Waals surface area contributed by atoms with Crippen LogP contribution in [-0.4, -0.2) is 52.6 Å². The Morgan fingerprint density at radius 2 is 2.19 bits per heavy atom. The van der Waals surface area contributed by atoms with Crippen LogP contribution in [0.3, 0.4) is 0 Å². The molecule has 2 atom stereocenters. The molecule has 8 heteroatoms. The van der Waals surface area contributed by atoms with E-state index in [-0.39, 0.29) is 17.7 Å². The van der Waals surface area contributed by atoms with Gasteiger partial charge in [0.25, 0.3) is 0 Å². The van der Waals surface area contributed by atoms with Gasteiger partial charge in [0.05, 0.1) is 18.7 Å². The number of amides is 1. The van der Waals surface area contributed by atoms with Gasteiger partial charge in [0, 0.05) is 25.2 Å². The third kappa shape index (κ3) is 4.91. The van der Waals surface area contributed by atoms with E-state index >= 15 is 0 Å². The third-order valence-corrected chi connectivity index (χ3v) is 5.50. The minimum atomic E-state index is -0.296. The molecule has 2 aliphatic heterocycles. The van der Waals surface area contributed by atoms with Gasteiger partial charge >= 0.3 is 0 Å². The van der Waals surface area contributed by atoms with Gasteiger partial charge in [-0.3, -0.25) is 4.79 Å². The highest BCUT2D eigenvalue weighted by molar-refractivity contribution is 5.94.